The standard InChI is InChI=1S/C12H25N3O.2ClH/c1-10(13)9-12(16)14-6-8-15-7-4-3-5-11(15)2;;/h10-11H,3-9,13H2,1-2H3,(H,14,16);2*1H. The van der Waals surface area contributed by atoms with Gasteiger partial charge in [-0.25, -0.2) is 0 Å². The summed E-state index contributed by atoms with van der Waals surface area (Å²) in [6.45, 7) is 7.00. The van der Waals surface area contributed by atoms with Gasteiger partial charge in [0.1, 0.15) is 0 Å². The van der Waals surface area contributed by atoms with Crippen LogP contribution in [0.3, 0.4) is 0 Å². The Bertz CT molecular complexity index is 227. The molecule has 0 aromatic heterocycles. The number of likely N-dealkylation sites (tertiary alicyclic amines) is 1. The maximum absolute atomic E-state index is 11.4. The van der Waals surface area contributed by atoms with E-state index in [4.69, 9.17) is 5.73 Å². The van der Waals surface area contributed by atoms with E-state index in [-0.39, 0.29) is 36.8 Å². The first-order chi connectivity index (χ1) is 7.59. The number of hydrogen-bond donors (Lipinski definition) is 2. The predicted molar refractivity (Wildman–Crippen MR) is 80.7 cm³/mol. The summed E-state index contributed by atoms with van der Waals surface area (Å²) in [5, 5.41) is 2.92. The number of halogens is 2. The van der Waals surface area contributed by atoms with E-state index in [1.54, 1.807) is 0 Å². The number of piperidine rings is 1. The van der Waals surface area contributed by atoms with Crippen molar-refractivity contribution in [1.82, 2.24) is 10.2 Å². The fourth-order valence-corrected chi connectivity index (χ4v) is 2.19. The van der Waals surface area contributed by atoms with Crippen LogP contribution in [-0.4, -0.2) is 42.5 Å². The van der Waals surface area contributed by atoms with Crippen LogP contribution in [0, 0.1) is 0 Å². The number of carbonyl (C=O) groups excluding carboxylic acids is 1. The van der Waals surface area contributed by atoms with Gasteiger partial charge in [-0.15, -0.1) is 24.8 Å². The smallest absolute Gasteiger partial charge is 0.221 e. The normalized spacial score (nSPS) is 21.4. The molecule has 0 aromatic rings. The zero-order valence-corrected chi connectivity index (χ0v) is 13.0. The minimum atomic E-state index is -0.0473. The molecular weight excluding hydrogens is 273 g/mol. The van der Waals surface area contributed by atoms with Gasteiger partial charge in [0.15, 0.2) is 0 Å². The van der Waals surface area contributed by atoms with Crippen molar-refractivity contribution in [2.24, 2.45) is 5.73 Å². The molecule has 2 atom stereocenters. The van der Waals surface area contributed by atoms with E-state index >= 15 is 0 Å². The molecule has 18 heavy (non-hydrogen) atoms. The highest BCUT2D eigenvalue weighted by molar-refractivity contribution is 5.85. The summed E-state index contributed by atoms with van der Waals surface area (Å²) in [7, 11) is 0. The molecule has 0 bridgehead atoms. The van der Waals surface area contributed by atoms with Crippen molar-refractivity contribution in [1.29, 1.82) is 0 Å². The van der Waals surface area contributed by atoms with Crippen molar-refractivity contribution >= 4 is 30.7 Å². The molecule has 2 unspecified atom stereocenters. The molecule has 1 rings (SSSR count). The van der Waals surface area contributed by atoms with Crippen LogP contribution in [0.5, 0.6) is 0 Å². The molecule has 0 aliphatic carbocycles. The van der Waals surface area contributed by atoms with Crippen LogP contribution >= 0.6 is 24.8 Å². The predicted octanol–water partition coefficient (Wildman–Crippen LogP) is 1.56. The van der Waals surface area contributed by atoms with Crippen molar-refractivity contribution < 1.29 is 4.79 Å². The van der Waals surface area contributed by atoms with Gasteiger partial charge < -0.3 is 11.1 Å². The molecule has 0 spiro atoms. The summed E-state index contributed by atoms with van der Waals surface area (Å²) in [6, 6.07) is 0.619. The maximum atomic E-state index is 11.4. The average molecular weight is 300 g/mol. The Morgan fingerprint density at radius 1 is 1.44 bits per heavy atom. The lowest BCUT2D eigenvalue weighted by Gasteiger charge is -2.33. The van der Waals surface area contributed by atoms with Crippen LogP contribution in [0.4, 0.5) is 0 Å². The third kappa shape index (κ3) is 8.14. The van der Waals surface area contributed by atoms with E-state index in [2.05, 4.69) is 17.1 Å². The van der Waals surface area contributed by atoms with Crippen LogP contribution in [0.1, 0.15) is 39.5 Å². The Morgan fingerprint density at radius 3 is 2.67 bits per heavy atom. The molecule has 3 N–H and O–H groups in total. The van der Waals surface area contributed by atoms with Crippen molar-refractivity contribution in [2.75, 3.05) is 19.6 Å². The molecule has 1 aliphatic rings. The molecule has 1 saturated heterocycles. The quantitative estimate of drug-likeness (QED) is 0.810. The molecule has 1 heterocycles. The van der Waals surface area contributed by atoms with Gasteiger partial charge in [0.05, 0.1) is 0 Å². The lowest BCUT2D eigenvalue weighted by atomic mass is 10.0. The van der Waals surface area contributed by atoms with E-state index in [1.165, 1.54) is 25.8 Å². The maximum Gasteiger partial charge on any atom is 0.221 e. The van der Waals surface area contributed by atoms with Gasteiger partial charge >= 0.3 is 0 Å². The Labute approximate surface area is 123 Å². The zero-order chi connectivity index (χ0) is 12.0. The minimum absolute atomic E-state index is 0. The highest BCUT2D eigenvalue weighted by Crippen LogP contribution is 2.15. The Morgan fingerprint density at radius 2 is 2.11 bits per heavy atom. The second-order valence-corrected chi connectivity index (χ2v) is 4.91. The summed E-state index contributed by atoms with van der Waals surface area (Å²) >= 11 is 0. The van der Waals surface area contributed by atoms with Crippen molar-refractivity contribution in [3.05, 3.63) is 0 Å². The third-order valence-electron chi connectivity index (χ3n) is 3.17. The Kier molecular flexibility index (Phi) is 12.2. The lowest BCUT2D eigenvalue weighted by molar-refractivity contribution is -0.121. The van der Waals surface area contributed by atoms with Crippen LogP contribution < -0.4 is 11.1 Å². The average Bonchev–Trinajstić information content (AvgIpc) is 2.19. The van der Waals surface area contributed by atoms with Gasteiger partial charge in [-0.2, -0.15) is 0 Å². The van der Waals surface area contributed by atoms with Gasteiger partial charge in [-0.1, -0.05) is 6.42 Å². The molecule has 6 heteroatoms. The molecule has 1 fully saturated rings. The molecule has 110 valence electrons. The first-order valence-electron chi connectivity index (χ1n) is 6.36. The highest BCUT2D eigenvalue weighted by Gasteiger charge is 2.17. The van der Waals surface area contributed by atoms with Crippen LogP contribution in [0.2, 0.25) is 0 Å². The Hall–Kier alpha value is -0.0300. The van der Waals surface area contributed by atoms with E-state index in [0.29, 0.717) is 12.5 Å². The highest BCUT2D eigenvalue weighted by atomic mass is 35.5. The van der Waals surface area contributed by atoms with Gasteiger partial charge in [-0.3, -0.25) is 9.69 Å². The molecule has 0 radical (unpaired) electrons. The molecule has 0 aromatic carbocycles. The number of hydrogen-bond acceptors (Lipinski definition) is 3. The molecular formula is C12H27Cl2N3O. The number of rotatable bonds is 5. The van der Waals surface area contributed by atoms with Crippen LogP contribution in [-0.2, 0) is 4.79 Å². The number of nitrogens with zero attached hydrogens (tertiary/aromatic N) is 1. The van der Waals surface area contributed by atoms with Crippen molar-refractivity contribution in [2.45, 2.75) is 51.6 Å². The van der Waals surface area contributed by atoms with Gasteiger partial charge in [-0.05, 0) is 33.2 Å². The number of nitrogens with two attached hydrogens (primary N) is 1. The number of nitrogens with one attached hydrogen (secondary N) is 1. The SMILES string of the molecule is CC(N)CC(=O)NCCN1CCCCC1C.Cl.Cl. The summed E-state index contributed by atoms with van der Waals surface area (Å²) in [4.78, 5) is 13.8. The lowest BCUT2D eigenvalue weighted by Crippen LogP contribution is -2.42. The number of carbonyl (C=O) groups is 1. The van der Waals surface area contributed by atoms with Crippen molar-refractivity contribution in [3.8, 4) is 0 Å². The zero-order valence-electron chi connectivity index (χ0n) is 11.4. The van der Waals surface area contributed by atoms with E-state index in [0.717, 1.165) is 13.1 Å². The molecule has 4 nitrogen and oxygen atoms in total. The number of amides is 1. The fourth-order valence-electron chi connectivity index (χ4n) is 2.19. The second kappa shape index (κ2) is 10.9. The Balaban J connectivity index is 0. The monoisotopic (exact) mass is 299 g/mol. The molecule has 0 saturated carbocycles. The van der Waals surface area contributed by atoms with Crippen LogP contribution in [0.15, 0.2) is 0 Å². The summed E-state index contributed by atoms with van der Waals surface area (Å²) in [5.41, 5.74) is 5.56. The van der Waals surface area contributed by atoms with Gasteiger partial charge in [0.25, 0.3) is 0 Å². The van der Waals surface area contributed by atoms with E-state index < -0.39 is 0 Å². The summed E-state index contributed by atoms with van der Waals surface area (Å²) < 4.78 is 0. The first kappa shape index (κ1) is 20.3. The first-order valence-corrected chi connectivity index (χ1v) is 6.36. The molecule has 1 aliphatic heterocycles. The second-order valence-electron chi connectivity index (χ2n) is 4.91. The fraction of sp³-hybridized carbons (Fsp3) is 0.917. The van der Waals surface area contributed by atoms with E-state index in [1.807, 2.05) is 6.92 Å². The van der Waals surface area contributed by atoms with Crippen LogP contribution in [0.25, 0.3) is 0 Å². The van der Waals surface area contributed by atoms with E-state index in [9.17, 15) is 4.79 Å². The summed E-state index contributed by atoms with van der Waals surface area (Å²) in [6.07, 6.45) is 4.34. The van der Waals surface area contributed by atoms with Gasteiger partial charge in [0.2, 0.25) is 5.91 Å². The molecule has 1 amide bonds. The minimum Gasteiger partial charge on any atom is -0.355 e. The van der Waals surface area contributed by atoms with Crippen molar-refractivity contribution in [3.63, 3.8) is 0 Å². The largest absolute Gasteiger partial charge is 0.355 e. The topological polar surface area (TPSA) is 58.4 Å². The third-order valence-corrected chi connectivity index (χ3v) is 3.17. The van der Waals surface area contributed by atoms with Gasteiger partial charge in [0, 0.05) is 31.6 Å². The summed E-state index contributed by atoms with van der Waals surface area (Å²) in [5.74, 6) is 0.0691.